The number of non-ortho nitro benzene ring substituents is 1. The third-order valence-corrected chi connectivity index (χ3v) is 2.82. The van der Waals surface area contributed by atoms with Crippen molar-refractivity contribution in [2.45, 2.75) is 6.92 Å². The topological polar surface area (TPSA) is 92.5 Å². The summed E-state index contributed by atoms with van der Waals surface area (Å²) in [7, 11) is 0. The number of nitro benzene ring substituents is 1. The highest BCUT2D eigenvalue weighted by molar-refractivity contribution is 6.06. The Morgan fingerprint density at radius 2 is 1.95 bits per heavy atom. The molecule has 0 heterocycles. The maximum absolute atomic E-state index is 12.0. The number of para-hydroxylation sites is 1. The maximum Gasteiger partial charge on any atom is 0.269 e. The van der Waals surface area contributed by atoms with Crippen LogP contribution in [0, 0.1) is 17.0 Å². The van der Waals surface area contributed by atoms with Crippen LogP contribution in [-0.4, -0.2) is 15.9 Å². The quantitative estimate of drug-likeness (QED) is 0.663. The second-order valence-corrected chi connectivity index (χ2v) is 4.23. The van der Waals surface area contributed by atoms with Gasteiger partial charge in [0.05, 0.1) is 10.5 Å². The number of hydrogen-bond acceptors (Lipinski definition) is 4. The number of amides is 1. The molecular formula is C14H12N2O4. The number of rotatable bonds is 3. The largest absolute Gasteiger partial charge is 0.507 e. The zero-order chi connectivity index (χ0) is 14.7. The SMILES string of the molecule is Cc1cc([N+](=O)[O-])ccc1NC(=O)c1ccccc1O. The Labute approximate surface area is 114 Å². The van der Waals surface area contributed by atoms with Crippen molar-refractivity contribution in [2.75, 3.05) is 5.32 Å². The Hall–Kier alpha value is -2.89. The normalized spacial score (nSPS) is 10.1. The Balaban J connectivity index is 2.25. The van der Waals surface area contributed by atoms with Crippen LogP contribution in [0.5, 0.6) is 5.75 Å². The number of phenolic OH excluding ortho intramolecular Hbond substituents is 1. The molecule has 6 nitrogen and oxygen atoms in total. The summed E-state index contributed by atoms with van der Waals surface area (Å²) in [5.74, 6) is -0.593. The predicted molar refractivity (Wildman–Crippen MR) is 73.9 cm³/mol. The van der Waals surface area contributed by atoms with Gasteiger partial charge < -0.3 is 10.4 Å². The summed E-state index contributed by atoms with van der Waals surface area (Å²) < 4.78 is 0. The Bertz CT molecular complexity index is 683. The Morgan fingerprint density at radius 3 is 2.55 bits per heavy atom. The van der Waals surface area contributed by atoms with Crippen molar-refractivity contribution in [3.05, 3.63) is 63.7 Å². The standard InChI is InChI=1S/C14H12N2O4/c1-9-8-10(16(19)20)6-7-12(9)15-14(18)11-4-2-3-5-13(11)17/h2-8,17H,1H3,(H,15,18). The molecule has 2 aromatic rings. The fourth-order valence-electron chi connectivity index (χ4n) is 1.76. The summed E-state index contributed by atoms with van der Waals surface area (Å²) in [5.41, 5.74) is 1.14. The summed E-state index contributed by atoms with van der Waals surface area (Å²) >= 11 is 0. The lowest BCUT2D eigenvalue weighted by Gasteiger charge is -2.09. The number of anilines is 1. The minimum absolute atomic E-state index is 0.0388. The van der Waals surface area contributed by atoms with Crippen molar-refractivity contribution in [1.29, 1.82) is 0 Å². The first-order valence-corrected chi connectivity index (χ1v) is 5.83. The fraction of sp³-hybridized carbons (Fsp3) is 0.0714. The van der Waals surface area contributed by atoms with Gasteiger partial charge in [-0.3, -0.25) is 14.9 Å². The average Bonchev–Trinajstić information content (AvgIpc) is 2.41. The minimum Gasteiger partial charge on any atom is -0.507 e. The van der Waals surface area contributed by atoms with Crippen LogP contribution in [-0.2, 0) is 0 Å². The van der Waals surface area contributed by atoms with E-state index in [1.165, 1.54) is 30.3 Å². The lowest BCUT2D eigenvalue weighted by Crippen LogP contribution is -2.13. The van der Waals surface area contributed by atoms with Crippen LogP contribution in [0.25, 0.3) is 0 Å². The number of aryl methyl sites for hydroxylation is 1. The number of nitrogens with one attached hydrogen (secondary N) is 1. The summed E-state index contributed by atoms with van der Waals surface area (Å²) in [4.78, 5) is 22.1. The molecule has 2 aromatic carbocycles. The van der Waals surface area contributed by atoms with Crippen molar-refractivity contribution in [3.8, 4) is 5.75 Å². The molecule has 1 amide bonds. The molecule has 2 N–H and O–H groups in total. The fourth-order valence-corrected chi connectivity index (χ4v) is 1.76. The number of phenols is 1. The monoisotopic (exact) mass is 272 g/mol. The van der Waals surface area contributed by atoms with Crippen molar-refractivity contribution < 1.29 is 14.8 Å². The Morgan fingerprint density at radius 1 is 1.25 bits per heavy atom. The third-order valence-electron chi connectivity index (χ3n) is 2.82. The summed E-state index contributed by atoms with van der Waals surface area (Å²) in [5, 5.41) is 22.8. The van der Waals surface area contributed by atoms with Crippen LogP contribution in [0.3, 0.4) is 0 Å². The molecule has 2 rings (SSSR count). The molecule has 0 spiro atoms. The number of carbonyl (C=O) groups excluding carboxylic acids is 1. The van der Waals surface area contributed by atoms with E-state index >= 15 is 0 Å². The zero-order valence-corrected chi connectivity index (χ0v) is 10.7. The van der Waals surface area contributed by atoms with Crippen LogP contribution < -0.4 is 5.32 Å². The highest BCUT2D eigenvalue weighted by Gasteiger charge is 2.13. The number of hydrogen-bond donors (Lipinski definition) is 2. The van der Waals surface area contributed by atoms with Crippen molar-refractivity contribution in [3.63, 3.8) is 0 Å². The molecule has 102 valence electrons. The highest BCUT2D eigenvalue weighted by atomic mass is 16.6. The first-order chi connectivity index (χ1) is 9.49. The number of nitro groups is 1. The molecule has 0 atom stereocenters. The molecule has 0 aromatic heterocycles. The van der Waals surface area contributed by atoms with E-state index in [9.17, 15) is 20.0 Å². The number of aromatic hydroxyl groups is 1. The molecule has 0 saturated carbocycles. The highest BCUT2D eigenvalue weighted by Crippen LogP contribution is 2.23. The van der Waals surface area contributed by atoms with Crippen molar-refractivity contribution in [1.82, 2.24) is 0 Å². The first-order valence-electron chi connectivity index (χ1n) is 5.83. The molecule has 0 aliphatic rings. The van der Waals surface area contributed by atoms with Crippen LogP contribution in [0.1, 0.15) is 15.9 Å². The van der Waals surface area contributed by atoms with Gasteiger partial charge in [-0.2, -0.15) is 0 Å². The van der Waals surface area contributed by atoms with E-state index in [1.54, 1.807) is 19.1 Å². The van der Waals surface area contributed by atoms with Crippen LogP contribution >= 0.6 is 0 Å². The number of carbonyl (C=O) groups is 1. The molecule has 0 aliphatic carbocycles. The molecule has 0 radical (unpaired) electrons. The number of benzene rings is 2. The second-order valence-electron chi connectivity index (χ2n) is 4.23. The molecule has 0 aliphatic heterocycles. The van der Waals surface area contributed by atoms with Crippen LogP contribution in [0.2, 0.25) is 0 Å². The number of nitrogens with zero attached hydrogens (tertiary/aromatic N) is 1. The van der Waals surface area contributed by atoms with E-state index in [-0.39, 0.29) is 17.0 Å². The lowest BCUT2D eigenvalue weighted by molar-refractivity contribution is -0.384. The van der Waals surface area contributed by atoms with Gasteiger partial charge >= 0.3 is 0 Å². The summed E-state index contributed by atoms with van der Waals surface area (Å²) in [6, 6.07) is 10.3. The molecule has 0 saturated heterocycles. The zero-order valence-electron chi connectivity index (χ0n) is 10.7. The minimum atomic E-state index is -0.498. The van der Waals surface area contributed by atoms with Gasteiger partial charge in [0.1, 0.15) is 5.75 Å². The van der Waals surface area contributed by atoms with E-state index < -0.39 is 10.8 Å². The molecule has 20 heavy (non-hydrogen) atoms. The summed E-state index contributed by atoms with van der Waals surface area (Å²) in [6.07, 6.45) is 0. The molecular weight excluding hydrogens is 260 g/mol. The van der Waals surface area contributed by atoms with Crippen molar-refractivity contribution in [2.24, 2.45) is 0 Å². The molecule has 0 unspecified atom stereocenters. The molecule has 6 heteroatoms. The second kappa shape index (κ2) is 5.40. The van der Waals surface area contributed by atoms with Gasteiger partial charge in [0.15, 0.2) is 0 Å². The van der Waals surface area contributed by atoms with Gasteiger partial charge in [0.25, 0.3) is 11.6 Å². The maximum atomic E-state index is 12.0. The molecule has 0 bridgehead atoms. The first kappa shape index (κ1) is 13.5. The van der Waals surface area contributed by atoms with Gasteiger partial charge in [0.2, 0.25) is 0 Å². The van der Waals surface area contributed by atoms with Gasteiger partial charge in [-0.1, -0.05) is 12.1 Å². The van der Waals surface area contributed by atoms with E-state index in [2.05, 4.69) is 5.32 Å². The van der Waals surface area contributed by atoms with Crippen molar-refractivity contribution >= 4 is 17.3 Å². The predicted octanol–water partition coefficient (Wildman–Crippen LogP) is 2.86. The van der Waals surface area contributed by atoms with Crippen LogP contribution in [0.15, 0.2) is 42.5 Å². The van der Waals surface area contributed by atoms with E-state index in [0.29, 0.717) is 11.3 Å². The lowest BCUT2D eigenvalue weighted by atomic mass is 10.1. The van der Waals surface area contributed by atoms with E-state index in [1.807, 2.05) is 0 Å². The van der Waals surface area contributed by atoms with Gasteiger partial charge in [-0.05, 0) is 30.7 Å². The third kappa shape index (κ3) is 2.74. The Kier molecular flexibility index (Phi) is 3.65. The smallest absolute Gasteiger partial charge is 0.269 e. The van der Waals surface area contributed by atoms with Gasteiger partial charge in [-0.15, -0.1) is 0 Å². The molecule has 0 fully saturated rings. The van der Waals surface area contributed by atoms with Gasteiger partial charge in [0, 0.05) is 17.8 Å². The average molecular weight is 272 g/mol. The summed E-state index contributed by atoms with van der Waals surface area (Å²) in [6.45, 7) is 1.66. The van der Waals surface area contributed by atoms with E-state index in [4.69, 9.17) is 0 Å². The van der Waals surface area contributed by atoms with Gasteiger partial charge in [-0.25, -0.2) is 0 Å². The van der Waals surface area contributed by atoms with E-state index in [0.717, 1.165) is 0 Å². The van der Waals surface area contributed by atoms with Crippen LogP contribution in [0.4, 0.5) is 11.4 Å².